The summed E-state index contributed by atoms with van der Waals surface area (Å²) in [5.74, 6) is -0.689. The van der Waals surface area contributed by atoms with E-state index in [1.165, 1.54) is 0 Å². The van der Waals surface area contributed by atoms with Gasteiger partial charge >= 0.3 is 0 Å². The number of benzene rings is 1. The number of hydrogen-bond donors (Lipinski definition) is 2. The van der Waals surface area contributed by atoms with E-state index >= 15 is 0 Å². The number of nitrogens with zero attached hydrogens (tertiary/aromatic N) is 1. The second-order valence-electron chi connectivity index (χ2n) is 6.53. The maximum Gasteiger partial charge on any atom is 0.254 e. The van der Waals surface area contributed by atoms with Gasteiger partial charge in [-0.3, -0.25) is 9.59 Å². The molecular formula is C17H24N2O4. The molecule has 1 aromatic carbocycles. The van der Waals surface area contributed by atoms with Crippen LogP contribution in [0.5, 0.6) is 0 Å². The first kappa shape index (κ1) is 17.4. The SMILES string of the molecule is CC(C)(O)CCc1cccc(C(=O)N2CCO[C@H](C(N)=O)C2)c1. The van der Waals surface area contributed by atoms with Crippen molar-refractivity contribution >= 4 is 11.8 Å². The molecule has 1 saturated heterocycles. The Morgan fingerprint density at radius 1 is 1.43 bits per heavy atom. The summed E-state index contributed by atoms with van der Waals surface area (Å²) in [6.07, 6.45) is 0.565. The normalized spacial score (nSPS) is 18.7. The van der Waals surface area contributed by atoms with E-state index < -0.39 is 17.6 Å². The van der Waals surface area contributed by atoms with Crippen LogP contribution in [0.1, 0.15) is 36.2 Å². The van der Waals surface area contributed by atoms with Gasteiger partial charge in [-0.15, -0.1) is 0 Å². The fraction of sp³-hybridized carbons (Fsp3) is 0.529. The first-order chi connectivity index (χ1) is 10.8. The van der Waals surface area contributed by atoms with Gasteiger partial charge in [0.05, 0.1) is 18.8 Å². The summed E-state index contributed by atoms with van der Waals surface area (Å²) in [5.41, 5.74) is 6.08. The zero-order valence-electron chi connectivity index (χ0n) is 13.6. The Bertz CT molecular complexity index is 580. The Balaban J connectivity index is 2.06. The molecular weight excluding hydrogens is 296 g/mol. The summed E-state index contributed by atoms with van der Waals surface area (Å²) >= 11 is 0. The average Bonchev–Trinajstić information content (AvgIpc) is 2.52. The molecule has 0 spiro atoms. The predicted molar refractivity (Wildman–Crippen MR) is 85.9 cm³/mol. The second-order valence-corrected chi connectivity index (χ2v) is 6.53. The van der Waals surface area contributed by atoms with E-state index in [1.54, 1.807) is 24.8 Å². The van der Waals surface area contributed by atoms with E-state index in [4.69, 9.17) is 10.5 Å². The van der Waals surface area contributed by atoms with Crippen molar-refractivity contribution in [1.29, 1.82) is 0 Å². The number of amides is 2. The molecule has 126 valence electrons. The third-order valence-electron chi connectivity index (χ3n) is 3.87. The van der Waals surface area contributed by atoms with Crippen molar-refractivity contribution in [2.24, 2.45) is 5.73 Å². The van der Waals surface area contributed by atoms with Crippen molar-refractivity contribution in [3.63, 3.8) is 0 Å². The van der Waals surface area contributed by atoms with Crippen molar-refractivity contribution in [3.8, 4) is 0 Å². The molecule has 1 aliphatic heterocycles. The number of carbonyl (C=O) groups excluding carboxylic acids is 2. The Kier molecular flexibility index (Phi) is 5.38. The molecule has 1 fully saturated rings. The quantitative estimate of drug-likeness (QED) is 0.836. The van der Waals surface area contributed by atoms with E-state index in [0.29, 0.717) is 31.6 Å². The van der Waals surface area contributed by atoms with Crippen LogP contribution in [0.15, 0.2) is 24.3 Å². The van der Waals surface area contributed by atoms with Gasteiger partial charge in [0.2, 0.25) is 5.91 Å². The van der Waals surface area contributed by atoms with Crippen LogP contribution in [0.4, 0.5) is 0 Å². The van der Waals surface area contributed by atoms with Crippen LogP contribution in [0, 0.1) is 0 Å². The van der Waals surface area contributed by atoms with Crippen LogP contribution in [-0.4, -0.2) is 53.2 Å². The van der Waals surface area contributed by atoms with Crippen molar-refractivity contribution in [2.45, 2.75) is 38.4 Å². The summed E-state index contributed by atoms with van der Waals surface area (Å²) in [7, 11) is 0. The number of nitrogens with two attached hydrogens (primary N) is 1. The highest BCUT2D eigenvalue weighted by Crippen LogP contribution is 2.16. The van der Waals surface area contributed by atoms with Crippen molar-refractivity contribution < 1.29 is 19.4 Å². The number of aliphatic hydroxyl groups is 1. The Morgan fingerprint density at radius 2 is 2.17 bits per heavy atom. The average molecular weight is 320 g/mol. The number of carbonyl (C=O) groups is 2. The lowest BCUT2D eigenvalue weighted by molar-refractivity contribution is -0.133. The minimum absolute atomic E-state index is 0.135. The molecule has 0 radical (unpaired) electrons. The number of ether oxygens (including phenoxy) is 1. The maximum absolute atomic E-state index is 12.6. The predicted octanol–water partition coefficient (Wildman–Crippen LogP) is 0.716. The number of rotatable bonds is 5. The van der Waals surface area contributed by atoms with Crippen LogP contribution in [0.3, 0.4) is 0 Å². The van der Waals surface area contributed by atoms with Gasteiger partial charge in [0.1, 0.15) is 0 Å². The molecule has 2 amide bonds. The molecule has 3 N–H and O–H groups in total. The molecule has 0 aliphatic carbocycles. The molecule has 1 aliphatic rings. The van der Waals surface area contributed by atoms with Crippen LogP contribution in [-0.2, 0) is 16.0 Å². The Hall–Kier alpha value is -1.92. The summed E-state index contributed by atoms with van der Waals surface area (Å²) in [6, 6.07) is 7.36. The smallest absolute Gasteiger partial charge is 0.254 e. The standard InChI is InChI=1S/C17H24N2O4/c1-17(2,22)7-6-12-4-3-5-13(10-12)16(21)19-8-9-23-14(11-19)15(18)20/h3-5,10,14,22H,6-9,11H2,1-2H3,(H2,18,20)/t14-/m0/s1. The topological polar surface area (TPSA) is 92.9 Å². The Morgan fingerprint density at radius 3 is 2.83 bits per heavy atom. The third-order valence-corrected chi connectivity index (χ3v) is 3.87. The lowest BCUT2D eigenvalue weighted by atomic mass is 9.97. The van der Waals surface area contributed by atoms with Crippen LogP contribution in [0.25, 0.3) is 0 Å². The number of hydrogen-bond acceptors (Lipinski definition) is 4. The van der Waals surface area contributed by atoms with Crippen molar-refractivity contribution in [2.75, 3.05) is 19.7 Å². The molecule has 1 heterocycles. The number of primary amides is 1. The third kappa shape index (κ3) is 5.04. The van der Waals surface area contributed by atoms with Gasteiger partial charge in [-0.25, -0.2) is 0 Å². The highest BCUT2D eigenvalue weighted by atomic mass is 16.5. The summed E-state index contributed by atoms with van der Waals surface area (Å²) in [5, 5.41) is 9.81. The molecule has 1 atom stereocenters. The number of aryl methyl sites for hydroxylation is 1. The minimum atomic E-state index is -0.744. The first-order valence-corrected chi connectivity index (χ1v) is 7.78. The highest BCUT2D eigenvalue weighted by molar-refractivity contribution is 5.95. The zero-order valence-corrected chi connectivity index (χ0v) is 13.6. The molecule has 0 aromatic heterocycles. The summed E-state index contributed by atoms with van der Waals surface area (Å²) in [4.78, 5) is 25.4. The minimum Gasteiger partial charge on any atom is -0.390 e. The largest absolute Gasteiger partial charge is 0.390 e. The molecule has 0 saturated carbocycles. The van der Waals surface area contributed by atoms with E-state index in [1.807, 2.05) is 18.2 Å². The molecule has 0 bridgehead atoms. The second kappa shape index (κ2) is 7.10. The highest BCUT2D eigenvalue weighted by Gasteiger charge is 2.28. The summed E-state index contributed by atoms with van der Waals surface area (Å²) in [6.45, 7) is 4.45. The van der Waals surface area contributed by atoms with Crippen molar-refractivity contribution in [3.05, 3.63) is 35.4 Å². The van der Waals surface area contributed by atoms with Crippen molar-refractivity contribution in [1.82, 2.24) is 4.90 Å². The first-order valence-electron chi connectivity index (χ1n) is 7.78. The van der Waals surface area contributed by atoms with E-state index in [0.717, 1.165) is 5.56 Å². The van der Waals surface area contributed by atoms with Gasteiger partial charge < -0.3 is 20.5 Å². The fourth-order valence-corrected chi connectivity index (χ4v) is 2.50. The molecule has 6 nitrogen and oxygen atoms in total. The van der Waals surface area contributed by atoms with E-state index in [2.05, 4.69) is 0 Å². The molecule has 1 aromatic rings. The maximum atomic E-state index is 12.6. The van der Waals surface area contributed by atoms with E-state index in [9.17, 15) is 14.7 Å². The monoisotopic (exact) mass is 320 g/mol. The molecule has 2 rings (SSSR count). The fourth-order valence-electron chi connectivity index (χ4n) is 2.50. The van der Waals surface area contributed by atoms with Gasteiger partial charge in [-0.2, -0.15) is 0 Å². The molecule has 23 heavy (non-hydrogen) atoms. The van der Waals surface area contributed by atoms with Gasteiger partial charge in [0.15, 0.2) is 6.10 Å². The van der Waals surface area contributed by atoms with Crippen LogP contribution >= 0.6 is 0 Å². The van der Waals surface area contributed by atoms with Gasteiger partial charge in [-0.05, 0) is 44.4 Å². The number of morpholine rings is 1. The van der Waals surface area contributed by atoms with Gasteiger partial charge in [0.25, 0.3) is 5.91 Å². The Labute approximate surface area is 136 Å². The molecule has 6 heteroatoms. The van der Waals surface area contributed by atoms with Gasteiger partial charge in [-0.1, -0.05) is 12.1 Å². The lowest BCUT2D eigenvalue weighted by Crippen LogP contribution is -2.50. The van der Waals surface area contributed by atoms with Crippen LogP contribution < -0.4 is 5.73 Å². The van der Waals surface area contributed by atoms with Gasteiger partial charge in [0, 0.05) is 12.1 Å². The molecule has 0 unspecified atom stereocenters. The van der Waals surface area contributed by atoms with Crippen LogP contribution in [0.2, 0.25) is 0 Å². The zero-order chi connectivity index (χ0) is 17.0. The van der Waals surface area contributed by atoms with E-state index in [-0.39, 0.29) is 12.5 Å². The lowest BCUT2D eigenvalue weighted by Gasteiger charge is -2.31. The summed E-state index contributed by atoms with van der Waals surface area (Å²) < 4.78 is 5.26.